The average Bonchev–Trinajstić information content (AvgIpc) is 3.48. The van der Waals surface area contributed by atoms with Gasteiger partial charge >= 0.3 is 0 Å². The highest BCUT2D eigenvalue weighted by Crippen LogP contribution is 2.54. The van der Waals surface area contributed by atoms with Gasteiger partial charge in [-0.05, 0) is 56.7 Å². The molecule has 6 heteroatoms. The average molecular weight is 389 g/mol. The number of aromatic hydroxyl groups is 2. The second-order valence-corrected chi connectivity index (χ2v) is 8.78. The molecule has 0 saturated heterocycles. The van der Waals surface area contributed by atoms with E-state index in [1.54, 1.807) is 0 Å². The zero-order chi connectivity index (χ0) is 19.9. The van der Waals surface area contributed by atoms with Crippen LogP contribution < -0.4 is 0 Å². The molecule has 1 aromatic carbocycles. The fourth-order valence-electron chi connectivity index (χ4n) is 5.30. The lowest BCUT2D eigenvalue weighted by atomic mass is 9.61. The molecule has 0 radical (unpaired) electrons. The molecular weight excluding hydrogens is 358 g/mol. The standard InChI is InChI=1S/C22H31NO5/c1-23(13-14-3-4-14)19-11-15-5-6-18(26)21(27)20(15)17-12-16(25)7-8-22(17,19)28-10-2-9-24/h5-6,14,17,19,24,26-27H,2-4,7-13H2,1H3/t17?,19-,22+/m1/s1. The lowest BCUT2D eigenvalue weighted by Gasteiger charge is -2.54. The van der Waals surface area contributed by atoms with E-state index in [9.17, 15) is 20.1 Å². The topological polar surface area (TPSA) is 90.2 Å². The van der Waals surface area contributed by atoms with Crippen molar-refractivity contribution in [3.63, 3.8) is 0 Å². The van der Waals surface area contributed by atoms with Crippen molar-refractivity contribution in [1.29, 1.82) is 0 Å². The molecule has 0 bridgehead atoms. The van der Waals surface area contributed by atoms with E-state index >= 15 is 0 Å². The number of hydrogen-bond donors (Lipinski definition) is 3. The zero-order valence-corrected chi connectivity index (χ0v) is 16.6. The Balaban J connectivity index is 1.78. The van der Waals surface area contributed by atoms with Gasteiger partial charge in [0.1, 0.15) is 5.78 Å². The van der Waals surface area contributed by atoms with Crippen molar-refractivity contribution in [2.24, 2.45) is 5.92 Å². The van der Waals surface area contributed by atoms with Crippen LogP contribution in [0, 0.1) is 5.92 Å². The van der Waals surface area contributed by atoms with Crippen LogP contribution in [0.25, 0.3) is 0 Å². The molecule has 0 aliphatic heterocycles. The number of carbonyl (C=O) groups excluding carboxylic acids is 1. The summed E-state index contributed by atoms with van der Waals surface area (Å²) in [5, 5.41) is 30.0. The summed E-state index contributed by atoms with van der Waals surface area (Å²) in [5.41, 5.74) is 1.07. The van der Waals surface area contributed by atoms with Crippen LogP contribution in [0.5, 0.6) is 11.5 Å². The van der Waals surface area contributed by atoms with Gasteiger partial charge in [0.15, 0.2) is 11.5 Å². The van der Waals surface area contributed by atoms with E-state index in [0.717, 1.165) is 24.4 Å². The minimum atomic E-state index is -0.592. The van der Waals surface area contributed by atoms with Crippen molar-refractivity contribution in [2.45, 2.75) is 62.5 Å². The number of benzene rings is 1. The van der Waals surface area contributed by atoms with Crippen LogP contribution in [0.2, 0.25) is 0 Å². The molecule has 3 N–H and O–H groups in total. The number of fused-ring (bicyclic) bond motifs is 3. The number of hydrogen-bond acceptors (Lipinski definition) is 6. The first kappa shape index (κ1) is 19.7. The lowest BCUT2D eigenvalue weighted by molar-refractivity contribution is -0.153. The maximum absolute atomic E-state index is 12.4. The highest BCUT2D eigenvalue weighted by atomic mass is 16.5. The molecular formula is C22H31NO5. The van der Waals surface area contributed by atoms with Gasteiger partial charge in [0, 0.05) is 50.1 Å². The molecule has 0 heterocycles. The van der Waals surface area contributed by atoms with Gasteiger partial charge in [-0.1, -0.05) is 6.07 Å². The molecule has 3 aliphatic rings. The molecule has 3 aliphatic carbocycles. The number of ketones is 1. The monoisotopic (exact) mass is 389 g/mol. The molecule has 0 spiro atoms. The fourth-order valence-corrected chi connectivity index (χ4v) is 5.30. The summed E-state index contributed by atoms with van der Waals surface area (Å²) in [6, 6.07) is 3.51. The van der Waals surface area contributed by atoms with Crippen LogP contribution in [-0.2, 0) is 16.0 Å². The van der Waals surface area contributed by atoms with Gasteiger partial charge in [0.05, 0.1) is 5.60 Å². The third-order valence-corrected chi connectivity index (χ3v) is 6.88. The van der Waals surface area contributed by atoms with Crippen molar-refractivity contribution in [3.05, 3.63) is 23.3 Å². The number of phenolic OH excluding ortho intramolecular Hbond substituents is 2. The highest BCUT2D eigenvalue weighted by molar-refractivity contribution is 5.81. The van der Waals surface area contributed by atoms with Crippen molar-refractivity contribution >= 4 is 5.78 Å². The Kier molecular flexibility index (Phi) is 5.38. The molecule has 3 atom stereocenters. The van der Waals surface area contributed by atoms with Crippen LogP contribution in [0.15, 0.2) is 12.1 Å². The summed E-state index contributed by atoms with van der Waals surface area (Å²) in [5.74, 6) is 0.361. The number of aliphatic hydroxyl groups is 1. The molecule has 154 valence electrons. The molecule has 4 rings (SSSR count). The summed E-state index contributed by atoms with van der Waals surface area (Å²) in [7, 11) is 2.14. The Labute approximate surface area is 166 Å². The van der Waals surface area contributed by atoms with Gasteiger partial charge in [-0.3, -0.25) is 9.69 Å². The Morgan fingerprint density at radius 1 is 1.25 bits per heavy atom. The number of Topliss-reactive ketones (excluding diaryl/α,β-unsaturated/α-hetero) is 1. The van der Waals surface area contributed by atoms with E-state index in [0.29, 0.717) is 37.9 Å². The molecule has 1 unspecified atom stereocenters. The molecule has 0 aromatic heterocycles. The zero-order valence-electron chi connectivity index (χ0n) is 16.6. The highest BCUT2D eigenvalue weighted by Gasteiger charge is 2.56. The first-order valence-corrected chi connectivity index (χ1v) is 10.5. The van der Waals surface area contributed by atoms with Crippen LogP contribution >= 0.6 is 0 Å². The predicted octanol–water partition coefficient (Wildman–Crippen LogP) is 2.34. The van der Waals surface area contributed by atoms with Crippen molar-refractivity contribution in [1.82, 2.24) is 4.90 Å². The summed E-state index contributed by atoms with van der Waals surface area (Å²) in [4.78, 5) is 14.8. The first-order valence-electron chi connectivity index (χ1n) is 10.5. The Bertz CT molecular complexity index is 747. The summed E-state index contributed by atoms with van der Waals surface area (Å²) in [6.07, 6.45) is 5.19. The Morgan fingerprint density at radius 2 is 2.04 bits per heavy atom. The van der Waals surface area contributed by atoms with E-state index in [2.05, 4.69) is 11.9 Å². The Hall–Kier alpha value is -1.63. The maximum atomic E-state index is 12.4. The van der Waals surface area contributed by atoms with E-state index in [1.807, 2.05) is 6.07 Å². The minimum Gasteiger partial charge on any atom is -0.504 e. The molecule has 2 fully saturated rings. The number of rotatable bonds is 7. The smallest absolute Gasteiger partial charge is 0.161 e. The SMILES string of the molecule is CN(CC1CC1)[C@@H]1Cc2ccc(O)c(O)c2C2CC(=O)CC[C@]21OCCCO. The Morgan fingerprint density at radius 3 is 2.75 bits per heavy atom. The third-order valence-electron chi connectivity index (χ3n) is 6.88. The summed E-state index contributed by atoms with van der Waals surface area (Å²) in [6.45, 7) is 1.49. The molecule has 0 amide bonds. The normalized spacial score (nSPS) is 29.6. The number of carbonyl (C=O) groups is 1. The third kappa shape index (κ3) is 3.42. The summed E-state index contributed by atoms with van der Waals surface area (Å²) < 4.78 is 6.50. The second-order valence-electron chi connectivity index (χ2n) is 8.78. The number of nitrogens with zero attached hydrogens (tertiary/aromatic N) is 1. The number of ether oxygens (including phenoxy) is 1. The van der Waals surface area contributed by atoms with Crippen LogP contribution in [0.4, 0.5) is 0 Å². The maximum Gasteiger partial charge on any atom is 0.161 e. The lowest BCUT2D eigenvalue weighted by Crippen LogP contribution is -2.62. The molecule has 6 nitrogen and oxygen atoms in total. The van der Waals surface area contributed by atoms with Gasteiger partial charge in [-0.15, -0.1) is 0 Å². The van der Waals surface area contributed by atoms with Crippen molar-refractivity contribution in [2.75, 3.05) is 26.8 Å². The molecule has 28 heavy (non-hydrogen) atoms. The number of likely N-dealkylation sites (N-methyl/N-ethyl adjacent to an activating group) is 1. The van der Waals surface area contributed by atoms with Gasteiger partial charge in [-0.25, -0.2) is 0 Å². The number of aliphatic hydroxyl groups excluding tert-OH is 1. The quantitative estimate of drug-likeness (QED) is 0.490. The number of phenols is 2. The van der Waals surface area contributed by atoms with Gasteiger partial charge < -0.3 is 20.1 Å². The van der Waals surface area contributed by atoms with Crippen LogP contribution in [0.3, 0.4) is 0 Å². The van der Waals surface area contributed by atoms with Gasteiger partial charge in [0.25, 0.3) is 0 Å². The first-order chi connectivity index (χ1) is 13.5. The van der Waals surface area contributed by atoms with Gasteiger partial charge in [0.2, 0.25) is 0 Å². The minimum absolute atomic E-state index is 0.0604. The fraction of sp³-hybridized carbons (Fsp3) is 0.682. The van der Waals surface area contributed by atoms with Crippen LogP contribution in [0.1, 0.15) is 55.6 Å². The van der Waals surface area contributed by atoms with Gasteiger partial charge in [-0.2, -0.15) is 0 Å². The van der Waals surface area contributed by atoms with E-state index in [4.69, 9.17) is 4.74 Å². The van der Waals surface area contributed by atoms with E-state index in [1.165, 1.54) is 18.9 Å². The second kappa shape index (κ2) is 7.65. The van der Waals surface area contributed by atoms with Crippen molar-refractivity contribution < 1.29 is 24.9 Å². The largest absolute Gasteiger partial charge is 0.504 e. The van der Waals surface area contributed by atoms with E-state index < -0.39 is 5.60 Å². The molecule has 1 aromatic rings. The van der Waals surface area contributed by atoms with Crippen molar-refractivity contribution in [3.8, 4) is 11.5 Å². The van der Waals surface area contributed by atoms with Crippen LogP contribution in [-0.4, -0.2) is 64.5 Å². The predicted molar refractivity (Wildman–Crippen MR) is 105 cm³/mol. The summed E-state index contributed by atoms with van der Waals surface area (Å²) >= 11 is 0. The molecule has 2 saturated carbocycles. The van der Waals surface area contributed by atoms with E-state index in [-0.39, 0.29) is 35.8 Å².